The number of likely N-dealkylation sites (N-methyl/N-ethyl adjacent to an activating group) is 1. The molecule has 0 bridgehead atoms. The fourth-order valence-corrected chi connectivity index (χ4v) is 2.35. The molecule has 0 saturated heterocycles. The molecule has 0 atom stereocenters. The molecule has 0 radical (unpaired) electrons. The van der Waals surface area contributed by atoms with Gasteiger partial charge < -0.3 is 10.2 Å². The van der Waals surface area contributed by atoms with E-state index in [4.69, 9.17) is 0 Å². The van der Waals surface area contributed by atoms with Crippen molar-refractivity contribution in [2.75, 3.05) is 46.5 Å². The molecule has 1 amide bonds. The Hall–Kier alpha value is -0.660. The van der Waals surface area contributed by atoms with Crippen LogP contribution in [0.2, 0.25) is 0 Å². The zero-order valence-electron chi connectivity index (χ0n) is 12.5. The molecule has 0 aliphatic rings. The minimum atomic E-state index is -3.32. The highest BCUT2D eigenvalue weighted by molar-refractivity contribution is 7.88. The van der Waals surface area contributed by atoms with E-state index in [2.05, 4.69) is 12.2 Å². The van der Waals surface area contributed by atoms with Gasteiger partial charge >= 0.3 is 0 Å². The smallest absolute Gasteiger partial charge is 0.235 e. The third kappa shape index (κ3) is 9.86. The number of carbonyl (C=O) groups excluding carboxylic acids is 1. The van der Waals surface area contributed by atoms with Crippen molar-refractivity contribution in [1.82, 2.24) is 14.5 Å². The van der Waals surface area contributed by atoms with Crippen LogP contribution in [0.25, 0.3) is 0 Å². The van der Waals surface area contributed by atoms with Gasteiger partial charge in [0.1, 0.15) is 0 Å². The van der Waals surface area contributed by atoms with Crippen LogP contribution in [0.15, 0.2) is 0 Å². The molecule has 114 valence electrons. The summed E-state index contributed by atoms with van der Waals surface area (Å²) in [4.78, 5) is 13.6. The minimum absolute atomic E-state index is 0.0873. The Morgan fingerprint density at radius 2 is 1.79 bits per heavy atom. The zero-order chi connectivity index (χ0) is 14.9. The van der Waals surface area contributed by atoms with Crippen molar-refractivity contribution >= 4 is 15.9 Å². The summed E-state index contributed by atoms with van der Waals surface area (Å²) in [5, 5.41) is 2.72. The van der Waals surface area contributed by atoms with Crippen molar-refractivity contribution in [2.24, 2.45) is 0 Å². The Kier molecular flexibility index (Phi) is 8.95. The molecular formula is C12H27N3O3S. The van der Waals surface area contributed by atoms with Crippen LogP contribution in [0.1, 0.15) is 26.2 Å². The lowest BCUT2D eigenvalue weighted by Crippen LogP contribution is -2.42. The van der Waals surface area contributed by atoms with Gasteiger partial charge in [-0.2, -0.15) is 4.31 Å². The van der Waals surface area contributed by atoms with Crippen molar-refractivity contribution in [3.8, 4) is 0 Å². The van der Waals surface area contributed by atoms with Gasteiger partial charge in [-0.05, 0) is 20.5 Å². The van der Waals surface area contributed by atoms with Crippen molar-refractivity contribution in [3.05, 3.63) is 0 Å². The van der Waals surface area contributed by atoms with E-state index in [0.717, 1.165) is 32.1 Å². The second kappa shape index (κ2) is 9.28. The summed E-state index contributed by atoms with van der Waals surface area (Å²) in [6, 6.07) is 0. The molecule has 0 aliphatic carbocycles. The molecule has 19 heavy (non-hydrogen) atoms. The minimum Gasteiger partial charge on any atom is -0.354 e. The summed E-state index contributed by atoms with van der Waals surface area (Å²) in [6.07, 6.45) is 3.92. The van der Waals surface area contributed by atoms with Crippen LogP contribution in [0.3, 0.4) is 0 Å². The Labute approximate surface area is 117 Å². The zero-order valence-corrected chi connectivity index (χ0v) is 13.3. The molecule has 0 unspecified atom stereocenters. The predicted octanol–water partition coefficient (Wildman–Crippen LogP) is 0.116. The maximum atomic E-state index is 11.7. The van der Waals surface area contributed by atoms with Gasteiger partial charge in [-0.25, -0.2) is 8.42 Å². The summed E-state index contributed by atoms with van der Waals surface area (Å²) in [5.41, 5.74) is 0. The summed E-state index contributed by atoms with van der Waals surface area (Å²) >= 11 is 0. The fourth-order valence-electron chi connectivity index (χ4n) is 1.54. The van der Waals surface area contributed by atoms with Crippen molar-refractivity contribution in [3.63, 3.8) is 0 Å². The number of hydrogen-bond donors (Lipinski definition) is 1. The van der Waals surface area contributed by atoms with Gasteiger partial charge in [0.15, 0.2) is 0 Å². The number of carbonyl (C=O) groups is 1. The highest BCUT2D eigenvalue weighted by Gasteiger charge is 2.19. The van der Waals surface area contributed by atoms with Gasteiger partial charge in [-0.3, -0.25) is 4.79 Å². The maximum absolute atomic E-state index is 11.7. The SMILES string of the molecule is CCCCCN(CC(=O)NCCN(C)C)S(C)(=O)=O. The van der Waals surface area contributed by atoms with Crippen LogP contribution < -0.4 is 5.32 Å². The van der Waals surface area contributed by atoms with E-state index in [1.54, 1.807) is 0 Å². The fraction of sp³-hybridized carbons (Fsp3) is 0.917. The Morgan fingerprint density at radius 1 is 1.16 bits per heavy atom. The lowest BCUT2D eigenvalue weighted by Gasteiger charge is -2.19. The molecule has 0 aromatic carbocycles. The lowest BCUT2D eigenvalue weighted by atomic mass is 10.2. The van der Waals surface area contributed by atoms with Crippen LogP contribution >= 0.6 is 0 Å². The normalized spacial score (nSPS) is 12.1. The summed E-state index contributed by atoms with van der Waals surface area (Å²) in [5.74, 6) is -0.247. The maximum Gasteiger partial charge on any atom is 0.235 e. The first-order chi connectivity index (χ1) is 8.77. The van der Waals surface area contributed by atoms with E-state index in [9.17, 15) is 13.2 Å². The highest BCUT2D eigenvalue weighted by Crippen LogP contribution is 2.03. The quantitative estimate of drug-likeness (QED) is 0.581. The van der Waals surface area contributed by atoms with Crippen LogP contribution in [0, 0.1) is 0 Å². The Balaban J connectivity index is 4.20. The average Bonchev–Trinajstić information content (AvgIpc) is 2.26. The van der Waals surface area contributed by atoms with E-state index in [1.807, 2.05) is 19.0 Å². The molecule has 0 aromatic rings. The van der Waals surface area contributed by atoms with Crippen molar-refractivity contribution in [2.45, 2.75) is 26.2 Å². The second-order valence-electron chi connectivity index (χ2n) is 4.96. The Bertz CT molecular complexity index is 355. The molecule has 0 aliphatic heterocycles. The van der Waals surface area contributed by atoms with E-state index < -0.39 is 10.0 Å². The van der Waals surface area contributed by atoms with E-state index in [0.29, 0.717) is 13.1 Å². The van der Waals surface area contributed by atoms with Crippen LogP contribution in [0.4, 0.5) is 0 Å². The third-order valence-electron chi connectivity index (χ3n) is 2.68. The monoisotopic (exact) mass is 293 g/mol. The van der Waals surface area contributed by atoms with Gasteiger partial charge in [0, 0.05) is 19.6 Å². The van der Waals surface area contributed by atoms with Gasteiger partial charge in [0.05, 0.1) is 12.8 Å². The largest absolute Gasteiger partial charge is 0.354 e. The number of nitrogens with one attached hydrogen (secondary N) is 1. The highest BCUT2D eigenvalue weighted by atomic mass is 32.2. The number of amides is 1. The average molecular weight is 293 g/mol. The number of unbranched alkanes of at least 4 members (excludes halogenated alkanes) is 2. The van der Waals surface area contributed by atoms with Crippen LogP contribution in [0.5, 0.6) is 0 Å². The molecule has 0 saturated carbocycles. The van der Waals surface area contributed by atoms with Gasteiger partial charge in [0.25, 0.3) is 0 Å². The molecule has 0 fully saturated rings. The molecule has 1 N–H and O–H groups in total. The predicted molar refractivity (Wildman–Crippen MR) is 77.5 cm³/mol. The molecule has 6 nitrogen and oxygen atoms in total. The number of rotatable bonds is 10. The van der Waals surface area contributed by atoms with E-state index in [1.165, 1.54) is 4.31 Å². The first kappa shape index (κ1) is 18.3. The summed E-state index contributed by atoms with van der Waals surface area (Å²) in [7, 11) is 0.513. The summed E-state index contributed by atoms with van der Waals surface area (Å²) in [6.45, 7) is 3.64. The van der Waals surface area contributed by atoms with Crippen molar-refractivity contribution < 1.29 is 13.2 Å². The van der Waals surface area contributed by atoms with Crippen LogP contribution in [-0.4, -0.2) is 70.1 Å². The van der Waals surface area contributed by atoms with Crippen molar-refractivity contribution in [1.29, 1.82) is 0 Å². The topological polar surface area (TPSA) is 69.7 Å². The Morgan fingerprint density at radius 3 is 2.26 bits per heavy atom. The molecule has 0 aromatic heterocycles. The van der Waals surface area contributed by atoms with E-state index in [-0.39, 0.29) is 12.5 Å². The third-order valence-corrected chi connectivity index (χ3v) is 3.93. The molecule has 0 rings (SSSR count). The first-order valence-corrected chi connectivity index (χ1v) is 8.48. The molecule has 0 heterocycles. The van der Waals surface area contributed by atoms with Crippen LogP contribution in [-0.2, 0) is 14.8 Å². The summed E-state index contributed by atoms with van der Waals surface area (Å²) < 4.78 is 24.4. The number of sulfonamides is 1. The van der Waals surface area contributed by atoms with Gasteiger partial charge in [-0.15, -0.1) is 0 Å². The number of hydrogen-bond acceptors (Lipinski definition) is 4. The van der Waals surface area contributed by atoms with Gasteiger partial charge in [-0.1, -0.05) is 19.8 Å². The van der Waals surface area contributed by atoms with E-state index >= 15 is 0 Å². The molecule has 0 spiro atoms. The lowest BCUT2D eigenvalue weighted by molar-refractivity contribution is -0.121. The van der Waals surface area contributed by atoms with Gasteiger partial charge in [0.2, 0.25) is 15.9 Å². The number of nitrogens with zero attached hydrogens (tertiary/aromatic N) is 2. The molecule has 7 heteroatoms. The molecular weight excluding hydrogens is 266 g/mol. The standard InChI is InChI=1S/C12H27N3O3S/c1-5-6-7-9-15(19(4,17)18)11-12(16)13-8-10-14(2)3/h5-11H2,1-4H3,(H,13,16). The second-order valence-corrected chi connectivity index (χ2v) is 6.94. The first-order valence-electron chi connectivity index (χ1n) is 6.64.